The van der Waals surface area contributed by atoms with E-state index in [2.05, 4.69) is 30.2 Å². The van der Waals surface area contributed by atoms with E-state index in [0.29, 0.717) is 12.6 Å². The summed E-state index contributed by atoms with van der Waals surface area (Å²) in [7, 11) is 1.98. The first-order valence-corrected chi connectivity index (χ1v) is 7.18. The highest BCUT2D eigenvalue weighted by molar-refractivity contribution is 5.45. The zero-order chi connectivity index (χ0) is 15.2. The molecular formula is C17H22FN3. The maximum absolute atomic E-state index is 12.9. The van der Waals surface area contributed by atoms with E-state index < -0.39 is 0 Å². The first-order valence-electron chi connectivity index (χ1n) is 7.18. The summed E-state index contributed by atoms with van der Waals surface area (Å²) in [5.41, 5.74) is 3.15. The molecule has 0 unspecified atom stereocenters. The molecule has 21 heavy (non-hydrogen) atoms. The van der Waals surface area contributed by atoms with E-state index >= 15 is 0 Å². The van der Waals surface area contributed by atoms with Crippen LogP contribution in [0.25, 0.3) is 0 Å². The van der Waals surface area contributed by atoms with Crippen molar-refractivity contribution in [1.82, 2.24) is 10.3 Å². The van der Waals surface area contributed by atoms with Crippen LogP contribution < -0.4 is 10.2 Å². The highest BCUT2D eigenvalue weighted by Crippen LogP contribution is 2.15. The fourth-order valence-electron chi connectivity index (χ4n) is 2.01. The maximum atomic E-state index is 12.9. The van der Waals surface area contributed by atoms with Crippen molar-refractivity contribution in [3.8, 4) is 0 Å². The standard InChI is InChI=1S/C17H22FN3/c1-13(2)19-10-14-4-7-16(20-11-14)12-21(3)17-8-5-15(18)6-9-17/h4-9,11,13,19H,10,12H2,1-3H3. The fraction of sp³-hybridized carbons (Fsp3) is 0.353. The van der Waals surface area contributed by atoms with Gasteiger partial charge in [-0.25, -0.2) is 4.39 Å². The SMILES string of the molecule is CC(C)NCc1ccc(CN(C)c2ccc(F)cc2)nc1. The predicted molar refractivity (Wildman–Crippen MR) is 84.7 cm³/mol. The Labute approximate surface area is 125 Å². The van der Waals surface area contributed by atoms with Gasteiger partial charge in [-0.2, -0.15) is 0 Å². The molecule has 0 spiro atoms. The van der Waals surface area contributed by atoms with E-state index in [-0.39, 0.29) is 5.82 Å². The molecule has 1 aromatic heterocycles. The lowest BCUT2D eigenvalue weighted by atomic mass is 10.2. The molecule has 112 valence electrons. The molecular weight excluding hydrogens is 265 g/mol. The number of nitrogens with zero attached hydrogens (tertiary/aromatic N) is 2. The Morgan fingerprint density at radius 1 is 1.14 bits per heavy atom. The van der Waals surface area contributed by atoms with Gasteiger partial charge >= 0.3 is 0 Å². The number of anilines is 1. The molecule has 1 aromatic carbocycles. The normalized spacial score (nSPS) is 10.9. The molecule has 4 heteroatoms. The monoisotopic (exact) mass is 287 g/mol. The van der Waals surface area contributed by atoms with Crippen LogP contribution in [0.15, 0.2) is 42.6 Å². The van der Waals surface area contributed by atoms with Crippen LogP contribution in [-0.2, 0) is 13.1 Å². The summed E-state index contributed by atoms with van der Waals surface area (Å²) in [6.45, 7) is 5.78. The van der Waals surface area contributed by atoms with Crippen LogP contribution in [-0.4, -0.2) is 18.1 Å². The van der Waals surface area contributed by atoms with Crippen molar-refractivity contribution in [2.45, 2.75) is 33.0 Å². The topological polar surface area (TPSA) is 28.2 Å². The highest BCUT2D eigenvalue weighted by Gasteiger charge is 2.04. The molecule has 0 radical (unpaired) electrons. The lowest BCUT2D eigenvalue weighted by molar-refractivity contribution is 0.587. The molecule has 3 nitrogen and oxygen atoms in total. The van der Waals surface area contributed by atoms with Crippen molar-refractivity contribution >= 4 is 5.69 Å². The van der Waals surface area contributed by atoms with Gasteiger partial charge in [-0.15, -0.1) is 0 Å². The molecule has 0 aliphatic carbocycles. The van der Waals surface area contributed by atoms with Crippen molar-refractivity contribution < 1.29 is 4.39 Å². The number of hydrogen-bond acceptors (Lipinski definition) is 3. The number of aromatic nitrogens is 1. The molecule has 0 aliphatic heterocycles. The smallest absolute Gasteiger partial charge is 0.123 e. The predicted octanol–water partition coefficient (Wildman–Crippen LogP) is 3.36. The summed E-state index contributed by atoms with van der Waals surface area (Å²) >= 11 is 0. The van der Waals surface area contributed by atoms with Gasteiger partial charge < -0.3 is 10.2 Å². The second kappa shape index (κ2) is 7.18. The molecule has 0 fully saturated rings. The summed E-state index contributed by atoms with van der Waals surface area (Å²) in [4.78, 5) is 6.53. The van der Waals surface area contributed by atoms with Gasteiger partial charge in [0.1, 0.15) is 5.82 Å². The molecule has 0 aliphatic rings. The number of pyridine rings is 1. The Bertz CT molecular complexity index is 549. The van der Waals surface area contributed by atoms with Crippen LogP contribution in [0.5, 0.6) is 0 Å². The summed E-state index contributed by atoms with van der Waals surface area (Å²) in [6, 6.07) is 11.1. The number of halogens is 1. The molecule has 2 rings (SSSR count). The van der Waals surface area contributed by atoms with Gasteiger partial charge in [0.05, 0.1) is 12.2 Å². The Morgan fingerprint density at radius 3 is 2.43 bits per heavy atom. The van der Waals surface area contributed by atoms with Crippen molar-refractivity contribution in [2.24, 2.45) is 0 Å². The molecule has 0 amide bonds. The largest absolute Gasteiger partial charge is 0.369 e. The number of hydrogen-bond donors (Lipinski definition) is 1. The van der Waals surface area contributed by atoms with Gasteiger partial charge in [-0.1, -0.05) is 19.9 Å². The fourth-order valence-corrected chi connectivity index (χ4v) is 2.01. The van der Waals surface area contributed by atoms with Crippen molar-refractivity contribution in [1.29, 1.82) is 0 Å². The Kier molecular flexibility index (Phi) is 5.28. The van der Waals surface area contributed by atoms with Gasteiger partial charge in [0.15, 0.2) is 0 Å². The third-order valence-corrected chi connectivity index (χ3v) is 3.27. The van der Waals surface area contributed by atoms with Crippen LogP contribution in [0.3, 0.4) is 0 Å². The van der Waals surface area contributed by atoms with E-state index in [1.165, 1.54) is 17.7 Å². The third-order valence-electron chi connectivity index (χ3n) is 3.27. The molecule has 1 heterocycles. The molecule has 0 saturated carbocycles. The molecule has 1 N–H and O–H groups in total. The van der Waals surface area contributed by atoms with E-state index in [4.69, 9.17) is 0 Å². The zero-order valence-electron chi connectivity index (χ0n) is 12.8. The molecule has 2 aromatic rings. The minimum absolute atomic E-state index is 0.215. The van der Waals surface area contributed by atoms with Crippen LogP contribution in [0.2, 0.25) is 0 Å². The van der Waals surface area contributed by atoms with Crippen molar-refractivity contribution in [3.05, 3.63) is 59.7 Å². The molecule has 0 saturated heterocycles. The lowest BCUT2D eigenvalue weighted by Gasteiger charge is -2.19. The summed E-state index contributed by atoms with van der Waals surface area (Å²) in [5, 5.41) is 3.37. The van der Waals surface area contributed by atoms with Crippen LogP contribution >= 0.6 is 0 Å². The van der Waals surface area contributed by atoms with Gasteiger partial charge in [-0.3, -0.25) is 4.98 Å². The van der Waals surface area contributed by atoms with Crippen LogP contribution in [0.1, 0.15) is 25.1 Å². The number of benzene rings is 1. The van der Waals surface area contributed by atoms with Gasteiger partial charge in [-0.05, 0) is 35.9 Å². The van der Waals surface area contributed by atoms with Crippen LogP contribution in [0, 0.1) is 5.82 Å². The Hall–Kier alpha value is -1.94. The quantitative estimate of drug-likeness (QED) is 0.883. The van der Waals surface area contributed by atoms with Crippen molar-refractivity contribution in [2.75, 3.05) is 11.9 Å². The molecule has 0 bridgehead atoms. The van der Waals surface area contributed by atoms with Gasteiger partial charge in [0, 0.05) is 31.5 Å². The maximum Gasteiger partial charge on any atom is 0.123 e. The average molecular weight is 287 g/mol. The van der Waals surface area contributed by atoms with E-state index in [9.17, 15) is 4.39 Å². The summed E-state index contributed by atoms with van der Waals surface area (Å²) in [6.07, 6.45) is 1.91. The Morgan fingerprint density at radius 2 is 1.86 bits per heavy atom. The van der Waals surface area contributed by atoms with Gasteiger partial charge in [0.2, 0.25) is 0 Å². The summed E-state index contributed by atoms with van der Waals surface area (Å²) in [5.74, 6) is -0.215. The summed E-state index contributed by atoms with van der Waals surface area (Å²) < 4.78 is 12.9. The third kappa shape index (κ3) is 4.83. The van der Waals surface area contributed by atoms with Crippen LogP contribution in [0.4, 0.5) is 10.1 Å². The second-order valence-electron chi connectivity index (χ2n) is 5.53. The highest BCUT2D eigenvalue weighted by atomic mass is 19.1. The first kappa shape index (κ1) is 15.4. The van der Waals surface area contributed by atoms with Crippen molar-refractivity contribution in [3.63, 3.8) is 0 Å². The minimum Gasteiger partial charge on any atom is -0.369 e. The minimum atomic E-state index is -0.215. The second-order valence-corrected chi connectivity index (χ2v) is 5.53. The lowest BCUT2D eigenvalue weighted by Crippen LogP contribution is -2.22. The van der Waals surface area contributed by atoms with E-state index in [0.717, 1.165) is 17.9 Å². The number of rotatable bonds is 6. The van der Waals surface area contributed by atoms with Gasteiger partial charge in [0.25, 0.3) is 0 Å². The molecule has 0 atom stereocenters. The number of nitrogens with one attached hydrogen (secondary N) is 1. The average Bonchev–Trinajstić information content (AvgIpc) is 2.47. The van der Waals surface area contributed by atoms with E-state index in [1.807, 2.05) is 24.2 Å². The first-order chi connectivity index (χ1) is 10.0. The van der Waals surface area contributed by atoms with E-state index in [1.54, 1.807) is 12.1 Å². The Balaban J connectivity index is 1.94. The zero-order valence-corrected chi connectivity index (χ0v) is 12.8.